The van der Waals surface area contributed by atoms with Gasteiger partial charge in [0.25, 0.3) is 5.91 Å². The maximum absolute atomic E-state index is 12.0. The molecule has 0 fully saturated rings. The zero-order valence-corrected chi connectivity index (χ0v) is 10.2. The fourth-order valence-corrected chi connectivity index (χ4v) is 1.52. The van der Waals surface area contributed by atoms with Gasteiger partial charge in [-0.1, -0.05) is 6.07 Å². The summed E-state index contributed by atoms with van der Waals surface area (Å²) in [4.78, 5) is 23.8. The van der Waals surface area contributed by atoms with Crippen molar-refractivity contribution in [2.45, 2.75) is 6.92 Å². The van der Waals surface area contributed by atoms with Gasteiger partial charge in [0.05, 0.1) is 12.7 Å². The molecule has 1 rings (SSSR count). The predicted molar refractivity (Wildman–Crippen MR) is 63.9 cm³/mol. The summed E-state index contributed by atoms with van der Waals surface area (Å²) in [6.07, 6.45) is 0. The molecular weight excluding hydrogens is 238 g/mol. The van der Waals surface area contributed by atoms with Crippen molar-refractivity contribution >= 4 is 11.9 Å². The molecule has 0 saturated heterocycles. The molecule has 0 bridgehead atoms. The van der Waals surface area contributed by atoms with Gasteiger partial charge >= 0.3 is 5.97 Å². The molecule has 0 aliphatic carbocycles. The van der Waals surface area contributed by atoms with E-state index in [2.05, 4.69) is 0 Å². The van der Waals surface area contributed by atoms with Crippen molar-refractivity contribution in [3.05, 3.63) is 23.8 Å². The number of rotatable bonds is 5. The van der Waals surface area contributed by atoms with Crippen molar-refractivity contribution in [2.75, 3.05) is 20.2 Å². The second kappa shape index (κ2) is 5.90. The molecule has 1 aromatic rings. The number of carbonyl (C=O) groups is 2. The number of nitrogens with zero attached hydrogens (tertiary/aromatic N) is 1. The Kier molecular flexibility index (Phi) is 4.53. The first-order valence-corrected chi connectivity index (χ1v) is 5.38. The number of likely N-dealkylation sites (N-methyl/N-ethyl adjacent to an activating group) is 1. The number of benzene rings is 1. The molecule has 0 atom stereocenters. The smallest absolute Gasteiger partial charge is 0.323 e. The molecule has 0 aromatic heterocycles. The lowest BCUT2D eigenvalue weighted by Crippen LogP contribution is -2.35. The molecule has 2 N–H and O–H groups in total. The summed E-state index contributed by atoms with van der Waals surface area (Å²) in [6.45, 7) is 1.49. The number of phenolic OH excluding ortho intramolecular Hbond substituents is 1. The molecule has 0 unspecified atom stereocenters. The van der Waals surface area contributed by atoms with Crippen molar-refractivity contribution < 1.29 is 24.5 Å². The van der Waals surface area contributed by atoms with Crippen molar-refractivity contribution in [1.82, 2.24) is 4.90 Å². The molecule has 0 saturated carbocycles. The van der Waals surface area contributed by atoms with Gasteiger partial charge in [-0.05, 0) is 19.1 Å². The summed E-state index contributed by atoms with van der Waals surface area (Å²) >= 11 is 0. The summed E-state index contributed by atoms with van der Waals surface area (Å²) in [6, 6.07) is 4.49. The SMILES string of the molecule is CCN(CC(=O)O)C(=O)c1cccc(OC)c1O. The zero-order valence-electron chi connectivity index (χ0n) is 10.2. The lowest BCUT2D eigenvalue weighted by atomic mass is 10.1. The van der Waals surface area contributed by atoms with Crippen LogP contribution in [-0.2, 0) is 4.79 Å². The molecule has 0 spiro atoms. The van der Waals surface area contributed by atoms with Gasteiger partial charge in [0, 0.05) is 6.54 Å². The number of hydrogen-bond donors (Lipinski definition) is 2. The number of amides is 1. The van der Waals surface area contributed by atoms with Crippen LogP contribution in [-0.4, -0.2) is 47.2 Å². The average Bonchev–Trinajstić information content (AvgIpc) is 2.35. The number of carboxylic acids is 1. The van der Waals surface area contributed by atoms with E-state index in [-0.39, 0.29) is 23.6 Å². The van der Waals surface area contributed by atoms with Crippen LogP contribution in [0.5, 0.6) is 11.5 Å². The van der Waals surface area contributed by atoms with E-state index in [9.17, 15) is 14.7 Å². The third kappa shape index (κ3) is 2.91. The number of aliphatic carboxylic acids is 1. The highest BCUT2D eigenvalue weighted by molar-refractivity contribution is 5.98. The van der Waals surface area contributed by atoms with E-state index < -0.39 is 18.4 Å². The Morgan fingerprint density at radius 3 is 2.56 bits per heavy atom. The van der Waals surface area contributed by atoms with E-state index in [1.54, 1.807) is 13.0 Å². The van der Waals surface area contributed by atoms with Crippen LogP contribution in [0, 0.1) is 0 Å². The monoisotopic (exact) mass is 253 g/mol. The van der Waals surface area contributed by atoms with E-state index in [4.69, 9.17) is 9.84 Å². The van der Waals surface area contributed by atoms with E-state index in [1.807, 2.05) is 0 Å². The summed E-state index contributed by atoms with van der Waals surface area (Å²) in [5.74, 6) is -1.76. The topological polar surface area (TPSA) is 87.1 Å². The van der Waals surface area contributed by atoms with Gasteiger partial charge in [-0.25, -0.2) is 0 Å². The second-order valence-corrected chi connectivity index (χ2v) is 3.57. The summed E-state index contributed by atoms with van der Waals surface area (Å²) in [5.41, 5.74) is 0.0254. The molecule has 0 heterocycles. The van der Waals surface area contributed by atoms with Gasteiger partial charge in [0.2, 0.25) is 0 Å². The minimum Gasteiger partial charge on any atom is -0.504 e. The highest BCUT2D eigenvalue weighted by atomic mass is 16.5. The average molecular weight is 253 g/mol. The number of hydrogen-bond acceptors (Lipinski definition) is 4. The third-order valence-corrected chi connectivity index (χ3v) is 2.44. The highest BCUT2D eigenvalue weighted by Crippen LogP contribution is 2.30. The first kappa shape index (κ1) is 13.8. The standard InChI is InChI=1S/C12H15NO5/c1-3-13(7-10(14)15)12(17)8-5-4-6-9(18-2)11(8)16/h4-6,16H,3,7H2,1-2H3,(H,14,15). The molecule has 0 radical (unpaired) electrons. The number of ether oxygens (including phenoxy) is 1. The Morgan fingerprint density at radius 2 is 2.06 bits per heavy atom. The first-order chi connectivity index (χ1) is 8.51. The summed E-state index contributed by atoms with van der Waals surface area (Å²) in [7, 11) is 1.37. The normalized spacial score (nSPS) is 9.89. The Bertz CT molecular complexity index is 458. The zero-order chi connectivity index (χ0) is 13.7. The fraction of sp³-hybridized carbons (Fsp3) is 0.333. The van der Waals surface area contributed by atoms with Crippen LogP contribution in [0.2, 0.25) is 0 Å². The summed E-state index contributed by atoms with van der Waals surface area (Å²) in [5, 5.41) is 18.5. The first-order valence-electron chi connectivity index (χ1n) is 5.38. The number of aromatic hydroxyl groups is 1. The molecule has 1 amide bonds. The molecular formula is C12H15NO5. The lowest BCUT2D eigenvalue weighted by molar-refractivity contribution is -0.137. The number of methoxy groups -OCH3 is 1. The van der Waals surface area contributed by atoms with Gasteiger partial charge in [0.15, 0.2) is 11.5 Å². The predicted octanol–water partition coefficient (Wildman–Crippen LogP) is 0.947. The highest BCUT2D eigenvalue weighted by Gasteiger charge is 2.21. The van der Waals surface area contributed by atoms with Gasteiger partial charge in [0.1, 0.15) is 6.54 Å². The number of carboxylic acid groups (broad SMARTS) is 1. The maximum atomic E-state index is 12.0. The van der Waals surface area contributed by atoms with Gasteiger partial charge in [-0.15, -0.1) is 0 Å². The molecule has 18 heavy (non-hydrogen) atoms. The van der Waals surface area contributed by atoms with Gasteiger partial charge in [-0.3, -0.25) is 9.59 Å². The molecule has 98 valence electrons. The Morgan fingerprint density at radius 1 is 1.39 bits per heavy atom. The number of carbonyl (C=O) groups excluding carboxylic acids is 1. The number of phenols is 1. The summed E-state index contributed by atoms with van der Waals surface area (Å²) < 4.78 is 4.89. The minimum absolute atomic E-state index is 0.0254. The van der Waals surface area contributed by atoms with E-state index >= 15 is 0 Å². The van der Waals surface area contributed by atoms with Crippen molar-refractivity contribution in [2.24, 2.45) is 0 Å². The quantitative estimate of drug-likeness (QED) is 0.815. The molecule has 6 nitrogen and oxygen atoms in total. The van der Waals surface area contributed by atoms with Gasteiger partial charge in [-0.2, -0.15) is 0 Å². The molecule has 0 aliphatic heterocycles. The van der Waals surface area contributed by atoms with Crippen LogP contribution >= 0.6 is 0 Å². The lowest BCUT2D eigenvalue weighted by Gasteiger charge is -2.19. The Balaban J connectivity index is 3.05. The van der Waals surface area contributed by atoms with E-state index in [0.29, 0.717) is 0 Å². The molecule has 1 aromatic carbocycles. The van der Waals surface area contributed by atoms with Crippen LogP contribution in [0.1, 0.15) is 17.3 Å². The van der Waals surface area contributed by atoms with Gasteiger partial charge < -0.3 is 19.8 Å². The second-order valence-electron chi connectivity index (χ2n) is 3.57. The van der Waals surface area contributed by atoms with E-state index in [0.717, 1.165) is 4.90 Å². The van der Waals surface area contributed by atoms with Crippen LogP contribution < -0.4 is 4.74 Å². The van der Waals surface area contributed by atoms with Crippen molar-refractivity contribution in [1.29, 1.82) is 0 Å². The fourth-order valence-electron chi connectivity index (χ4n) is 1.52. The molecule has 0 aliphatic rings. The van der Waals surface area contributed by atoms with Crippen LogP contribution in [0.4, 0.5) is 0 Å². The van der Waals surface area contributed by atoms with Crippen LogP contribution in [0.15, 0.2) is 18.2 Å². The maximum Gasteiger partial charge on any atom is 0.323 e. The Hall–Kier alpha value is -2.24. The Labute approximate surface area is 104 Å². The van der Waals surface area contributed by atoms with Crippen LogP contribution in [0.25, 0.3) is 0 Å². The van der Waals surface area contributed by atoms with Crippen LogP contribution in [0.3, 0.4) is 0 Å². The van der Waals surface area contributed by atoms with E-state index in [1.165, 1.54) is 19.2 Å². The number of para-hydroxylation sites is 1. The third-order valence-electron chi connectivity index (χ3n) is 2.44. The van der Waals surface area contributed by atoms with Crippen molar-refractivity contribution in [3.63, 3.8) is 0 Å². The largest absolute Gasteiger partial charge is 0.504 e. The minimum atomic E-state index is -1.10. The molecule has 6 heteroatoms. The van der Waals surface area contributed by atoms with Crippen molar-refractivity contribution in [3.8, 4) is 11.5 Å².